The first-order valence-corrected chi connectivity index (χ1v) is 8.94. The summed E-state index contributed by atoms with van der Waals surface area (Å²) in [6, 6.07) is 17.4. The molecule has 0 spiro atoms. The number of carboxylic acids is 1. The number of carboxylic acid groups (broad SMARTS) is 1. The molecule has 0 fully saturated rings. The maximum absolute atomic E-state index is 10.4. The summed E-state index contributed by atoms with van der Waals surface area (Å²) in [7, 11) is 0. The number of hydrogen-bond acceptors (Lipinski definition) is 4. The molecule has 0 radical (unpaired) electrons. The third kappa shape index (κ3) is 5.45. The largest absolute Gasteiger partial charge is 0.493 e. The van der Waals surface area contributed by atoms with Gasteiger partial charge in [0.25, 0.3) is 0 Å². The highest BCUT2D eigenvalue weighted by Gasteiger charge is 2.11. The van der Waals surface area contributed by atoms with E-state index in [1.165, 1.54) is 6.08 Å². The predicted molar refractivity (Wildman–Crippen MR) is 108 cm³/mol. The smallest absolute Gasteiger partial charge is 0.328 e. The van der Waals surface area contributed by atoms with Crippen LogP contribution >= 0.6 is 0 Å². The van der Waals surface area contributed by atoms with Crippen LogP contribution < -0.4 is 4.74 Å². The van der Waals surface area contributed by atoms with Gasteiger partial charge in [0.05, 0.1) is 12.3 Å². The minimum absolute atomic E-state index is 0.498. The number of ether oxygens (including phenoxy) is 1. The van der Waals surface area contributed by atoms with Crippen LogP contribution in [0.3, 0.4) is 0 Å². The van der Waals surface area contributed by atoms with Gasteiger partial charge in [0.1, 0.15) is 11.5 Å². The second-order valence-corrected chi connectivity index (χ2v) is 6.11. The summed E-state index contributed by atoms with van der Waals surface area (Å²) < 4.78 is 11.6. The van der Waals surface area contributed by atoms with Crippen molar-refractivity contribution >= 4 is 12.0 Å². The first-order chi connectivity index (χ1) is 13.6. The van der Waals surface area contributed by atoms with Gasteiger partial charge in [-0.05, 0) is 36.8 Å². The minimum atomic E-state index is -0.966. The molecule has 1 heterocycles. The number of nitrogens with zero attached hydrogens (tertiary/aromatic N) is 1. The van der Waals surface area contributed by atoms with E-state index in [0.717, 1.165) is 34.4 Å². The van der Waals surface area contributed by atoms with E-state index in [0.29, 0.717) is 18.9 Å². The molecule has 3 rings (SSSR count). The van der Waals surface area contributed by atoms with Gasteiger partial charge in [-0.15, -0.1) is 0 Å². The normalized spacial score (nSPS) is 11.3. The van der Waals surface area contributed by atoms with Gasteiger partial charge < -0.3 is 14.3 Å². The second-order valence-electron chi connectivity index (χ2n) is 6.11. The van der Waals surface area contributed by atoms with Crippen LogP contribution in [0.15, 0.2) is 77.2 Å². The maximum atomic E-state index is 10.4. The molecule has 0 bridgehead atoms. The Morgan fingerprint density at radius 1 is 1.11 bits per heavy atom. The van der Waals surface area contributed by atoms with Crippen LogP contribution in [0.25, 0.3) is 17.5 Å². The van der Waals surface area contributed by atoms with E-state index >= 15 is 0 Å². The molecule has 1 N–H and O–H groups in total. The van der Waals surface area contributed by atoms with Gasteiger partial charge in [-0.1, -0.05) is 48.6 Å². The van der Waals surface area contributed by atoms with Crippen LogP contribution in [0.4, 0.5) is 0 Å². The second kappa shape index (κ2) is 9.37. The van der Waals surface area contributed by atoms with E-state index in [1.807, 2.05) is 67.6 Å². The van der Waals surface area contributed by atoms with Crippen molar-refractivity contribution < 1.29 is 19.1 Å². The molecule has 5 heteroatoms. The Kier molecular flexibility index (Phi) is 6.41. The number of aromatic nitrogens is 1. The summed E-state index contributed by atoms with van der Waals surface area (Å²) in [5, 5.41) is 8.54. The van der Waals surface area contributed by atoms with Crippen LogP contribution in [0.2, 0.25) is 0 Å². The van der Waals surface area contributed by atoms with Crippen molar-refractivity contribution in [2.24, 2.45) is 0 Å². The first kappa shape index (κ1) is 19.2. The average molecular weight is 375 g/mol. The Hall–Kier alpha value is -3.60. The van der Waals surface area contributed by atoms with Crippen LogP contribution in [0.5, 0.6) is 5.75 Å². The van der Waals surface area contributed by atoms with Gasteiger partial charge in [0.2, 0.25) is 5.89 Å². The van der Waals surface area contributed by atoms with E-state index in [1.54, 1.807) is 6.08 Å². The van der Waals surface area contributed by atoms with E-state index < -0.39 is 5.97 Å². The molecule has 0 aliphatic carbocycles. The van der Waals surface area contributed by atoms with Gasteiger partial charge in [0, 0.05) is 18.1 Å². The minimum Gasteiger partial charge on any atom is -0.493 e. The number of carbonyl (C=O) groups is 1. The molecule has 0 aliphatic heterocycles. The summed E-state index contributed by atoms with van der Waals surface area (Å²) >= 11 is 0. The Morgan fingerprint density at radius 3 is 2.57 bits per heavy atom. The molecule has 0 aliphatic rings. The molecule has 2 aromatic carbocycles. The number of benzene rings is 2. The van der Waals surface area contributed by atoms with E-state index in [9.17, 15) is 4.79 Å². The van der Waals surface area contributed by atoms with Crippen LogP contribution in [0.1, 0.15) is 17.0 Å². The van der Waals surface area contributed by atoms with Crippen molar-refractivity contribution in [3.8, 4) is 17.2 Å². The van der Waals surface area contributed by atoms with E-state index in [4.69, 9.17) is 14.3 Å². The molecule has 5 nitrogen and oxygen atoms in total. The fourth-order valence-corrected chi connectivity index (χ4v) is 2.61. The Morgan fingerprint density at radius 2 is 1.86 bits per heavy atom. The van der Waals surface area contributed by atoms with Gasteiger partial charge in [-0.25, -0.2) is 9.78 Å². The van der Waals surface area contributed by atoms with Gasteiger partial charge in [-0.3, -0.25) is 0 Å². The highest BCUT2D eigenvalue weighted by Crippen LogP contribution is 2.22. The lowest BCUT2D eigenvalue weighted by Crippen LogP contribution is -2.02. The molecule has 28 heavy (non-hydrogen) atoms. The average Bonchev–Trinajstić information content (AvgIpc) is 3.08. The molecule has 142 valence electrons. The van der Waals surface area contributed by atoms with Crippen LogP contribution in [0, 0.1) is 6.92 Å². The Balaban J connectivity index is 1.53. The van der Waals surface area contributed by atoms with E-state index in [-0.39, 0.29) is 0 Å². The number of aliphatic carboxylic acids is 1. The van der Waals surface area contributed by atoms with E-state index in [2.05, 4.69) is 4.98 Å². The fraction of sp³-hybridized carbons (Fsp3) is 0.130. The molecule has 0 saturated carbocycles. The zero-order valence-electron chi connectivity index (χ0n) is 15.5. The van der Waals surface area contributed by atoms with Crippen molar-refractivity contribution in [3.05, 3.63) is 89.8 Å². The maximum Gasteiger partial charge on any atom is 0.328 e. The van der Waals surface area contributed by atoms with Crippen molar-refractivity contribution in [1.29, 1.82) is 0 Å². The van der Waals surface area contributed by atoms with Gasteiger partial charge in [0.15, 0.2) is 0 Å². The molecule has 0 amide bonds. The molecular formula is C23H21NO4. The third-order valence-electron chi connectivity index (χ3n) is 4.04. The summed E-state index contributed by atoms with van der Waals surface area (Å²) in [4.78, 5) is 15.0. The Labute approximate surface area is 163 Å². The molecule has 0 atom stereocenters. The number of aryl methyl sites for hydroxylation is 1. The van der Waals surface area contributed by atoms with Gasteiger partial charge in [-0.2, -0.15) is 0 Å². The first-order valence-electron chi connectivity index (χ1n) is 8.94. The predicted octanol–water partition coefficient (Wildman–Crippen LogP) is 4.93. The molecule has 0 unspecified atom stereocenters. The SMILES string of the molecule is Cc1oc(-c2ccccc2)nc1CCOc1ccc(C=CC=CC(=O)O)cc1. The number of rotatable bonds is 8. The molecular weight excluding hydrogens is 354 g/mol. The van der Waals surface area contributed by atoms with Gasteiger partial charge >= 0.3 is 5.97 Å². The Bertz CT molecular complexity index is 970. The van der Waals surface area contributed by atoms with Crippen molar-refractivity contribution in [3.63, 3.8) is 0 Å². The third-order valence-corrected chi connectivity index (χ3v) is 4.04. The highest BCUT2D eigenvalue weighted by molar-refractivity contribution is 5.80. The number of oxazole rings is 1. The highest BCUT2D eigenvalue weighted by atomic mass is 16.5. The number of allylic oxidation sites excluding steroid dienone is 2. The fourth-order valence-electron chi connectivity index (χ4n) is 2.61. The van der Waals surface area contributed by atoms with Crippen LogP contribution in [-0.2, 0) is 11.2 Å². The molecule has 1 aromatic heterocycles. The zero-order chi connectivity index (χ0) is 19.8. The lowest BCUT2D eigenvalue weighted by atomic mass is 10.2. The lowest BCUT2D eigenvalue weighted by Gasteiger charge is -2.05. The van der Waals surface area contributed by atoms with Crippen molar-refractivity contribution in [2.45, 2.75) is 13.3 Å². The van der Waals surface area contributed by atoms with Crippen molar-refractivity contribution in [2.75, 3.05) is 6.61 Å². The topological polar surface area (TPSA) is 72.6 Å². The summed E-state index contributed by atoms with van der Waals surface area (Å²) in [5.41, 5.74) is 2.81. The summed E-state index contributed by atoms with van der Waals surface area (Å²) in [5.74, 6) is 1.23. The summed E-state index contributed by atoms with van der Waals surface area (Å²) in [6.07, 6.45) is 6.73. The quantitative estimate of drug-likeness (QED) is 0.447. The van der Waals surface area contributed by atoms with Crippen molar-refractivity contribution in [1.82, 2.24) is 4.98 Å². The number of hydrogen-bond donors (Lipinski definition) is 1. The molecule has 3 aromatic rings. The monoisotopic (exact) mass is 375 g/mol. The zero-order valence-corrected chi connectivity index (χ0v) is 15.5. The lowest BCUT2D eigenvalue weighted by molar-refractivity contribution is -0.131. The van der Waals surface area contributed by atoms with Crippen LogP contribution in [-0.4, -0.2) is 22.7 Å². The standard InChI is InChI=1S/C23H21NO4/c1-17-21(24-23(28-17)19-8-3-2-4-9-19)15-16-27-20-13-11-18(12-14-20)7-5-6-10-22(25)26/h2-14H,15-16H2,1H3,(H,25,26). The summed E-state index contributed by atoms with van der Waals surface area (Å²) in [6.45, 7) is 2.41. The molecule has 0 saturated heterocycles.